The number of amides is 2. The van der Waals surface area contributed by atoms with Crippen LogP contribution in [0.25, 0.3) is 0 Å². The lowest BCUT2D eigenvalue weighted by atomic mass is 9.81. The number of hydrogen-bond acceptors (Lipinski definition) is 2. The summed E-state index contributed by atoms with van der Waals surface area (Å²) in [6.07, 6.45) is 9.84. The van der Waals surface area contributed by atoms with Crippen molar-refractivity contribution in [2.24, 2.45) is 5.92 Å². The van der Waals surface area contributed by atoms with E-state index in [2.05, 4.69) is 41.5 Å². The molecule has 1 aromatic rings. The molecule has 0 aromatic heterocycles. The Balaban J connectivity index is 1.60. The van der Waals surface area contributed by atoms with E-state index >= 15 is 0 Å². The first-order valence-electron chi connectivity index (χ1n) is 9.95. The van der Waals surface area contributed by atoms with E-state index in [4.69, 9.17) is 0 Å². The van der Waals surface area contributed by atoms with Crippen molar-refractivity contribution in [1.29, 1.82) is 0 Å². The second-order valence-corrected chi connectivity index (χ2v) is 7.66. The Labute approximate surface area is 156 Å². The molecule has 3 rings (SSSR count). The molecular formula is C22H30N2O2. The smallest absolute Gasteiger partial charge is 0.243 e. The largest absolute Gasteiger partial charge is 0.351 e. The zero-order chi connectivity index (χ0) is 18.4. The highest BCUT2D eigenvalue weighted by molar-refractivity contribution is 5.86. The molecule has 2 amide bonds. The molecule has 0 saturated heterocycles. The van der Waals surface area contributed by atoms with Gasteiger partial charge in [-0.3, -0.25) is 9.59 Å². The minimum Gasteiger partial charge on any atom is -0.351 e. The van der Waals surface area contributed by atoms with Crippen LogP contribution in [0.2, 0.25) is 0 Å². The highest BCUT2D eigenvalue weighted by Crippen LogP contribution is 2.34. The predicted molar refractivity (Wildman–Crippen MR) is 104 cm³/mol. The first kappa shape index (κ1) is 18.7. The van der Waals surface area contributed by atoms with Gasteiger partial charge < -0.3 is 10.6 Å². The molecule has 0 heterocycles. The molecule has 2 aliphatic carbocycles. The summed E-state index contributed by atoms with van der Waals surface area (Å²) in [5.41, 5.74) is 2.73. The van der Waals surface area contributed by atoms with Crippen LogP contribution in [0.4, 0.5) is 0 Å². The maximum Gasteiger partial charge on any atom is 0.243 e. The summed E-state index contributed by atoms with van der Waals surface area (Å²) < 4.78 is 0. The van der Waals surface area contributed by atoms with Crippen molar-refractivity contribution in [3.8, 4) is 0 Å². The molecule has 0 bridgehead atoms. The van der Waals surface area contributed by atoms with Gasteiger partial charge in [0.05, 0.1) is 0 Å². The fourth-order valence-electron chi connectivity index (χ4n) is 4.53. The summed E-state index contributed by atoms with van der Waals surface area (Å²) in [5, 5.41) is 6.09. The molecule has 2 unspecified atom stereocenters. The molecule has 140 valence electrons. The minimum absolute atomic E-state index is 0.0211. The fourth-order valence-corrected chi connectivity index (χ4v) is 4.53. The van der Waals surface area contributed by atoms with E-state index in [1.54, 1.807) is 0 Å². The van der Waals surface area contributed by atoms with Crippen molar-refractivity contribution < 1.29 is 9.59 Å². The normalized spacial score (nSPS) is 20.8. The van der Waals surface area contributed by atoms with E-state index in [1.165, 1.54) is 30.0 Å². The molecule has 2 atom stereocenters. The van der Waals surface area contributed by atoms with E-state index in [1.807, 2.05) is 0 Å². The van der Waals surface area contributed by atoms with Crippen molar-refractivity contribution in [2.45, 2.75) is 63.3 Å². The van der Waals surface area contributed by atoms with E-state index < -0.39 is 0 Å². The number of hydrogen-bond donors (Lipinski definition) is 2. The van der Waals surface area contributed by atoms with E-state index in [0.29, 0.717) is 24.8 Å². The molecule has 4 nitrogen and oxygen atoms in total. The molecule has 1 saturated carbocycles. The van der Waals surface area contributed by atoms with Gasteiger partial charge in [0.2, 0.25) is 11.8 Å². The van der Waals surface area contributed by atoms with E-state index in [-0.39, 0.29) is 17.9 Å². The average molecular weight is 354 g/mol. The second kappa shape index (κ2) is 9.02. The summed E-state index contributed by atoms with van der Waals surface area (Å²) in [4.78, 5) is 24.3. The first-order valence-corrected chi connectivity index (χ1v) is 9.95. The lowest BCUT2D eigenvalue weighted by Gasteiger charge is -2.28. The molecular weight excluding hydrogens is 324 g/mol. The molecule has 0 aliphatic heterocycles. The van der Waals surface area contributed by atoms with E-state index in [9.17, 15) is 9.59 Å². The maximum atomic E-state index is 12.8. The zero-order valence-electron chi connectivity index (χ0n) is 15.5. The molecule has 0 radical (unpaired) electrons. The second-order valence-electron chi connectivity index (χ2n) is 7.66. The number of fused-ring (bicyclic) bond motifs is 1. The van der Waals surface area contributed by atoms with Crippen LogP contribution in [0.15, 0.2) is 36.9 Å². The van der Waals surface area contributed by atoms with Gasteiger partial charge in [-0.2, -0.15) is 0 Å². The van der Waals surface area contributed by atoms with E-state index in [0.717, 1.165) is 32.1 Å². The lowest BCUT2D eigenvalue weighted by molar-refractivity contribution is -0.123. The van der Waals surface area contributed by atoms with Gasteiger partial charge in [-0.05, 0) is 61.1 Å². The number of carbonyl (C=O) groups is 2. The number of nitrogens with one attached hydrogen (secondary N) is 2. The highest BCUT2D eigenvalue weighted by Gasteiger charge is 2.28. The zero-order valence-corrected chi connectivity index (χ0v) is 15.5. The number of rotatable bonds is 7. The third kappa shape index (κ3) is 4.75. The molecule has 0 spiro atoms. The highest BCUT2D eigenvalue weighted by atomic mass is 16.2. The fraction of sp³-hybridized carbons (Fsp3) is 0.545. The Hall–Kier alpha value is -2.10. The molecule has 2 aliphatic rings. The molecule has 1 aromatic carbocycles. The van der Waals surface area contributed by atoms with Crippen molar-refractivity contribution in [2.75, 3.05) is 6.54 Å². The summed E-state index contributed by atoms with van der Waals surface area (Å²) in [6.45, 7) is 3.98. The quantitative estimate of drug-likeness (QED) is 0.737. The van der Waals surface area contributed by atoms with Gasteiger partial charge >= 0.3 is 0 Å². The van der Waals surface area contributed by atoms with Crippen LogP contribution in [-0.4, -0.2) is 24.4 Å². The van der Waals surface area contributed by atoms with Crippen LogP contribution >= 0.6 is 0 Å². The Morgan fingerprint density at radius 2 is 1.92 bits per heavy atom. The summed E-state index contributed by atoms with van der Waals surface area (Å²) in [6, 6.07) is 8.53. The van der Waals surface area contributed by atoms with Crippen molar-refractivity contribution in [3.05, 3.63) is 48.0 Å². The predicted octanol–water partition coefficient (Wildman–Crippen LogP) is 3.47. The van der Waals surface area contributed by atoms with Gasteiger partial charge in [-0.1, -0.05) is 43.7 Å². The van der Waals surface area contributed by atoms with Gasteiger partial charge in [-0.15, -0.1) is 0 Å². The molecule has 4 heteroatoms. The van der Waals surface area contributed by atoms with Gasteiger partial charge in [0.25, 0.3) is 0 Å². The number of aryl methyl sites for hydroxylation is 1. The van der Waals surface area contributed by atoms with Crippen molar-refractivity contribution in [3.63, 3.8) is 0 Å². The van der Waals surface area contributed by atoms with Crippen LogP contribution in [0.5, 0.6) is 0 Å². The Bertz CT molecular complexity index is 649. The van der Waals surface area contributed by atoms with Crippen LogP contribution in [0.3, 0.4) is 0 Å². The molecule has 2 N–H and O–H groups in total. The lowest BCUT2D eigenvalue weighted by Crippen LogP contribution is -2.47. The summed E-state index contributed by atoms with van der Waals surface area (Å²) >= 11 is 0. The van der Waals surface area contributed by atoms with Crippen molar-refractivity contribution in [1.82, 2.24) is 10.6 Å². The van der Waals surface area contributed by atoms with Crippen LogP contribution < -0.4 is 10.6 Å². The SMILES string of the molecule is C=CC(=O)NCC(NC(=O)CC1CCCc2ccccc21)C1CCCC1. The van der Waals surface area contributed by atoms with Gasteiger partial charge in [-0.25, -0.2) is 0 Å². The Kier molecular flexibility index (Phi) is 6.48. The van der Waals surface area contributed by atoms with Gasteiger partial charge in [0.15, 0.2) is 0 Å². The topological polar surface area (TPSA) is 58.2 Å². The van der Waals surface area contributed by atoms with Crippen LogP contribution in [0, 0.1) is 5.92 Å². The number of carbonyl (C=O) groups excluding carboxylic acids is 2. The van der Waals surface area contributed by atoms with Crippen molar-refractivity contribution >= 4 is 11.8 Å². The molecule has 1 fully saturated rings. The number of benzene rings is 1. The summed E-state index contributed by atoms with van der Waals surface area (Å²) in [5.74, 6) is 0.703. The standard InChI is InChI=1S/C22H30N2O2/c1-2-21(25)23-15-20(17-9-3-4-10-17)24-22(26)14-18-12-7-11-16-8-5-6-13-19(16)18/h2,5-6,8,13,17-18,20H,1,3-4,7,9-12,14-15H2,(H,23,25)(H,24,26). The Morgan fingerprint density at radius 1 is 1.15 bits per heavy atom. The molecule has 26 heavy (non-hydrogen) atoms. The Morgan fingerprint density at radius 3 is 2.69 bits per heavy atom. The maximum absolute atomic E-state index is 12.8. The monoisotopic (exact) mass is 354 g/mol. The third-order valence-electron chi connectivity index (χ3n) is 5.92. The minimum atomic E-state index is -0.177. The third-order valence-corrected chi connectivity index (χ3v) is 5.92. The van der Waals surface area contributed by atoms with Crippen LogP contribution in [-0.2, 0) is 16.0 Å². The average Bonchev–Trinajstić information content (AvgIpc) is 3.19. The van der Waals surface area contributed by atoms with Gasteiger partial charge in [0, 0.05) is 19.0 Å². The van der Waals surface area contributed by atoms with Gasteiger partial charge in [0.1, 0.15) is 0 Å². The summed E-state index contributed by atoms with van der Waals surface area (Å²) in [7, 11) is 0. The van der Waals surface area contributed by atoms with Crippen LogP contribution in [0.1, 0.15) is 62.0 Å². The first-order chi connectivity index (χ1) is 12.7.